The molecule has 4 rings (SSSR count). The molecule has 6 amide bonds. The maximum atomic E-state index is 14.7. The van der Waals surface area contributed by atoms with E-state index in [4.69, 9.17) is 14.2 Å². The SMILES string of the molecule is CC(C)CCCCCC[C@H]1OC(=O)CNC(=O)[C@H](C(C)OCc2ccccc2)NC(=O)[C@H](CNC(=O)OCc2ccccc2)NC(=O)[C@H](C2CCCCC2)NC(=O)[C@H](CC(C)C)N(C)C(=O)[C@@H]1C. The summed E-state index contributed by atoms with van der Waals surface area (Å²) < 4.78 is 17.5. The molecule has 1 heterocycles. The van der Waals surface area contributed by atoms with E-state index in [0.717, 1.165) is 56.1 Å². The quantitative estimate of drug-likeness (QED) is 0.0857. The van der Waals surface area contributed by atoms with Crippen LogP contribution in [0.2, 0.25) is 0 Å². The zero-order valence-electron chi connectivity index (χ0n) is 41.4. The highest BCUT2D eigenvalue weighted by Gasteiger charge is 2.40. The molecule has 376 valence electrons. The normalized spacial score (nSPS) is 23.6. The third-order valence-electron chi connectivity index (χ3n) is 12.9. The standard InChI is InChI=1S/C52H78N6O10/c1-34(2)21-13-8-9-20-28-43-36(5)51(64)58(7)42(29-35(3)4)48(61)57-46(40-26-18-12-19-27-40)50(63)55-41(30-54-52(65)67-33-39-24-16-11-17-25-39)47(60)56-45(49(62)53-31-44(59)68-43)37(6)66-32-38-22-14-10-15-23-38/h10-11,14-17,22-25,34-37,40-43,45-46H,8-9,12-13,18-21,26-33H2,1-7H3,(H,53,62)(H,54,65)(H,55,63)(H,56,60)(H,57,61)/t36-,37?,41+,42+,43-,45+,46+/m1/s1. The molecule has 1 saturated heterocycles. The lowest BCUT2D eigenvalue weighted by Crippen LogP contribution is -2.63. The first kappa shape index (κ1) is 55.1. The van der Waals surface area contributed by atoms with E-state index >= 15 is 0 Å². The molecule has 0 spiro atoms. The number of hydrogen-bond acceptors (Lipinski definition) is 10. The van der Waals surface area contributed by atoms with Crippen molar-refractivity contribution in [2.45, 2.75) is 168 Å². The molecule has 7 atom stereocenters. The van der Waals surface area contributed by atoms with Gasteiger partial charge in [0.2, 0.25) is 29.5 Å². The lowest BCUT2D eigenvalue weighted by molar-refractivity contribution is -0.158. The molecule has 1 aliphatic carbocycles. The molecule has 0 aromatic heterocycles. The Morgan fingerprint density at radius 2 is 1.38 bits per heavy atom. The van der Waals surface area contributed by atoms with Crippen molar-refractivity contribution in [1.29, 1.82) is 0 Å². The maximum absolute atomic E-state index is 14.7. The van der Waals surface area contributed by atoms with Crippen LogP contribution in [0.25, 0.3) is 0 Å². The molecule has 16 nitrogen and oxygen atoms in total. The molecule has 68 heavy (non-hydrogen) atoms. The van der Waals surface area contributed by atoms with E-state index in [0.29, 0.717) is 31.6 Å². The van der Waals surface area contributed by atoms with Crippen molar-refractivity contribution in [1.82, 2.24) is 31.5 Å². The minimum atomic E-state index is -1.49. The van der Waals surface area contributed by atoms with Gasteiger partial charge in [0.15, 0.2) is 0 Å². The van der Waals surface area contributed by atoms with Crippen LogP contribution < -0.4 is 26.6 Å². The summed E-state index contributed by atoms with van der Waals surface area (Å²) in [5.41, 5.74) is 1.54. The fraction of sp³-hybridized carbons (Fsp3) is 0.635. The van der Waals surface area contributed by atoms with Crippen LogP contribution in [0.4, 0.5) is 4.79 Å². The highest BCUT2D eigenvalue weighted by atomic mass is 16.6. The van der Waals surface area contributed by atoms with Crippen molar-refractivity contribution in [2.24, 2.45) is 23.7 Å². The van der Waals surface area contributed by atoms with Gasteiger partial charge in [-0.05, 0) is 67.9 Å². The van der Waals surface area contributed by atoms with Gasteiger partial charge >= 0.3 is 12.1 Å². The Labute approximate surface area is 403 Å². The zero-order valence-corrected chi connectivity index (χ0v) is 41.4. The Balaban J connectivity index is 1.72. The predicted octanol–water partition coefficient (Wildman–Crippen LogP) is 6.10. The van der Waals surface area contributed by atoms with Gasteiger partial charge in [-0.1, -0.05) is 140 Å². The Morgan fingerprint density at radius 3 is 2.01 bits per heavy atom. The smallest absolute Gasteiger partial charge is 0.407 e. The molecule has 2 aromatic carbocycles. The van der Waals surface area contributed by atoms with E-state index in [9.17, 15) is 33.6 Å². The van der Waals surface area contributed by atoms with Crippen LogP contribution >= 0.6 is 0 Å². The summed E-state index contributed by atoms with van der Waals surface area (Å²) in [4.78, 5) is 100. The fourth-order valence-electron chi connectivity index (χ4n) is 8.76. The number of benzene rings is 2. The van der Waals surface area contributed by atoms with Crippen molar-refractivity contribution >= 4 is 41.6 Å². The summed E-state index contributed by atoms with van der Waals surface area (Å²) in [5.74, 6) is -4.64. The number of alkyl carbamates (subject to hydrolysis) is 1. The van der Waals surface area contributed by atoms with E-state index in [1.807, 2.05) is 50.2 Å². The third kappa shape index (κ3) is 18.5. The number of esters is 1. The van der Waals surface area contributed by atoms with Gasteiger partial charge in [-0.3, -0.25) is 28.8 Å². The third-order valence-corrected chi connectivity index (χ3v) is 12.9. The van der Waals surface area contributed by atoms with Crippen molar-refractivity contribution in [2.75, 3.05) is 20.1 Å². The van der Waals surface area contributed by atoms with Crippen molar-refractivity contribution in [3.8, 4) is 0 Å². The molecule has 2 aromatic rings. The Hall–Kier alpha value is -5.51. The van der Waals surface area contributed by atoms with E-state index in [1.165, 1.54) is 4.90 Å². The molecule has 0 bridgehead atoms. The summed E-state index contributed by atoms with van der Waals surface area (Å²) in [7, 11) is 1.55. The van der Waals surface area contributed by atoms with Crippen molar-refractivity contribution < 1.29 is 47.8 Å². The molecular weight excluding hydrogens is 869 g/mol. The van der Waals surface area contributed by atoms with Gasteiger partial charge in [0.1, 0.15) is 43.4 Å². The van der Waals surface area contributed by atoms with Crippen LogP contribution in [0.1, 0.15) is 130 Å². The molecule has 1 aliphatic heterocycles. The largest absolute Gasteiger partial charge is 0.460 e. The summed E-state index contributed by atoms with van der Waals surface area (Å²) in [6.07, 6.45) is 6.49. The number of carbonyl (C=O) groups is 7. The van der Waals surface area contributed by atoms with Crippen LogP contribution in [0.3, 0.4) is 0 Å². The summed E-state index contributed by atoms with van der Waals surface area (Å²) >= 11 is 0. The van der Waals surface area contributed by atoms with Gasteiger partial charge in [-0.15, -0.1) is 0 Å². The van der Waals surface area contributed by atoms with Crippen molar-refractivity contribution in [3.05, 3.63) is 71.8 Å². The maximum Gasteiger partial charge on any atom is 0.407 e. The van der Waals surface area contributed by atoms with Crippen LogP contribution in [-0.2, 0) is 56.2 Å². The van der Waals surface area contributed by atoms with Gasteiger partial charge in [0.05, 0.1) is 25.2 Å². The average Bonchev–Trinajstić information content (AvgIpc) is 3.33. The van der Waals surface area contributed by atoms with Gasteiger partial charge in [-0.25, -0.2) is 4.79 Å². The summed E-state index contributed by atoms with van der Waals surface area (Å²) in [6.45, 7) is 10.5. The van der Waals surface area contributed by atoms with Crippen LogP contribution in [0, 0.1) is 23.7 Å². The van der Waals surface area contributed by atoms with E-state index in [1.54, 1.807) is 45.2 Å². The highest BCUT2D eigenvalue weighted by Crippen LogP contribution is 2.28. The monoisotopic (exact) mass is 947 g/mol. The number of nitrogens with one attached hydrogen (secondary N) is 5. The number of unbranched alkanes of at least 4 members (excludes halogenated alkanes) is 3. The lowest BCUT2D eigenvalue weighted by Gasteiger charge is -2.36. The Bertz CT molecular complexity index is 1910. The number of carbonyl (C=O) groups excluding carboxylic acids is 7. The fourth-order valence-corrected chi connectivity index (χ4v) is 8.76. The van der Waals surface area contributed by atoms with Gasteiger partial charge in [0.25, 0.3) is 0 Å². The Kier molecular flexibility index (Phi) is 23.3. The second-order valence-corrected chi connectivity index (χ2v) is 19.4. The molecule has 0 radical (unpaired) electrons. The molecular formula is C52H78N6O10. The molecule has 2 fully saturated rings. The second-order valence-electron chi connectivity index (χ2n) is 19.4. The van der Waals surface area contributed by atoms with E-state index in [-0.39, 0.29) is 31.5 Å². The number of hydrogen-bond donors (Lipinski definition) is 5. The topological polar surface area (TPSA) is 211 Å². The number of ether oxygens (including phenoxy) is 3. The number of amides is 6. The van der Waals surface area contributed by atoms with E-state index in [2.05, 4.69) is 40.4 Å². The first-order valence-corrected chi connectivity index (χ1v) is 24.8. The van der Waals surface area contributed by atoms with Gasteiger partial charge < -0.3 is 45.7 Å². The molecule has 1 saturated carbocycles. The van der Waals surface area contributed by atoms with Crippen molar-refractivity contribution in [3.63, 3.8) is 0 Å². The zero-order chi connectivity index (χ0) is 49.6. The Morgan fingerprint density at radius 1 is 0.750 bits per heavy atom. The first-order chi connectivity index (χ1) is 32.5. The van der Waals surface area contributed by atoms with Gasteiger partial charge in [-0.2, -0.15) is 0 Å². The minimum Gasteiger partial charge on any atom is -0.460 e. The lowest BCUT2D eigenvalue weighted by atomic mass is 9.83. The first-order valence-electron chi connectivity index (χ1n) is 24.8. The number of cyclic esters (lactones) is 1. The highest BCUT2D eigenvalue weighted by molar-refractivity contribution is 5.96. The summed E-state index contributed by atoms with van der Waals surface area (Å²) in [5, 5.41) is 13.7. The molecule has 16 heteroatoms. The van der Waals surface area contributed by atoms with Crippen LogP contribution in [0.5, 0.6) is 0 Å². The number of likely N-dealkylation sites (N-methyl/N-ethyl adjacent to an activating group) is 1. The molecule has 2 aliphatic rings. The van der Waals surface area contributed by atoms with Crippen LogP contribution in [0.15, 0.2) is 60.7 Å². The summed E-state index contributed by atoms with van der Waals surface area (Å²) in [6, 6.07) is 13.2. The second kappa shape index (κ2) is 28.7. The minimum absolute atomic E-state index is 0.0317. The number of nitrogens with zero attached hydrogens (tertiary/aromatic N) is 1. The van der Waals surface area contributed by atoms with E-state index < -0.39 is 97.0 Å². The van der Waals surface area contributed by atoms with Gasteiger partial charge in [0, 0.05) is 7.05 Å². The van der Waals surface area contributed by atoms with Crippen LogP contribution in [-0.4, -0.2) is 103 Å². The predicted molar refractivity (Wildman–Crippen MR) is 258 cm³/mol. The average molecular weight is 947 g/mol. The molecule has 1 unspecified atom stereocenters. The molecule has 5 N–H and O–H groups in total. The number of rotatable bonds is 18.